The van der Waals surface area contributed by atoms with E-state index in [9.17, 15) is 9.59 Å². The van der Waals surface area contributed by atoms with Crippen LogP contribution in [0.1, 0.15) is 36.0 Å². The van der Waals surface area contributed by atoms with Gasteiger partial charge in [-0.05, 0) is 0 Å². The highest BCUT2D eigenvalue weighted by Crippen LogP contribution is 2.16. The van der Waals surface area contributed by atoms with Crippen molar-refractivity contribution in [1.29, 1.82) is 0 Å². The largest absolute Gasteiger partial charge is 0.360 e. The fourth-order valence-electron chi connectivity index (χ4n) is 1.85. The molecule has 0 spiro atoms. The van der Waals surface area contributed by atoms with Crippen molar-refractivity contribution in [3.8, 4) is 0 Å². The van der Waals surface area contributed by atoms with Gasteiger partial charge in [0, 0.05) is 38.2 Å². The van der Waals surface area contributed by atoms with E-state index in [2.05, 4.69) is 5.16 Å². The molecule has 0 unspecified atom stereocenters. The maximum absolute atomic E-state index is 12.1. The van der Waals surface area contributed by atoms with Crippen LogP contribution in [0.3, 0.4) is 0 Å². The van der Waals surface area contributed by atoms with Gasteiger partial charge in [-0.15, -0.1) is 0 Å². The summed E-state index contributed by atoms with van der Waals surface area (Å²) < 4.78 is 5.12. The van der Waals surface area contributed by atoms with E-state index in [1.807, 2.05) is 13.8 Å². The molecule has 98 valence electrons. The highest BCUT2D eigenvalue weighted by molar-refractivity contribution is 5.92. The Morgan fingerprint density at radius 3 is 2.56 bits per heavy atom. The highest BCUT2D eigenvalue weighted by atomic mass is 16.5. The van der Waals surface area contributed by atoms with Crippen LogP contribution in [0, 0.1) is 0 Å². The molecule has 0 aromatic carbocycles. The van der Waals surface area contributed by atoms with Crippen LogP contribution in [0.4, 0.5) is 0 Å². The fraction of sp³-hybridized carbons (Fsp3) is 0.583. The maximum Gasteiger partial charge on any atom is 0.276 e. The first-order valence-electron chi connectivity index (χ1n) is 6.07. The number of rotatable bonds is 3. The van der Waals surface area contributed by atoms with Gasteiger partial charge in [0.05, 0.1) is 0 Å². The summed E-state index contributed by atoms with van der Waals surface area (Å²) in [6, 6.07) is 1.69. The number of amides is 2. The number of piperazine rings is 1. The first-order chi connectivity index (χ1) is 8.61. The molecule has 1 aliphatic rings. The summed E-state index contributed by atoms with van der Waals surface area (Å²) in [4.78, 5) is 26.1. The van der Waals surface area contributed by atoms with Gasteiger partial charge in [-0.1, -0.05) is 19.0 Å². The third-order valence-electron chi connectivity index (χ3n) is 3.07. The van der Waals surface area contributed by atoms with E-state index in [4.69, 9.17) is 4.52 Å². The van der Waals surface area contributed by atoms with Crippen LogP contribution in [-0.4, -0.2) is 53.5 Å². The second-order valence-corrected chi connectivity index (χ2v) is 4.70. The van der Waals surface area contributed by atoms with Crippen molar-refractivity contribution >= 4 is 12.3 Å². The van der Waals surface area contributed by atoms with E-state index < -0.39 is 0 Å². The van der Waals surface area contributed by atoms with Gasteiger partial charge < -0.3 is 14.3 Å². The summed E-state index contributed by atoms with van der Waals surface area (Å²) in [5.41, 5.74) is 0.346. The minimum absolute atomic E-state index is 0.129. The van der Waals surface area contributed by atoms with Gasteiger partial charge in [0.25, 0.3) is 5.91 Å². The average molecular weight is 251 g/mol. The Balaban J connectivity index is 2.00. The molecule has 6 nitrogen and oxygen atoms in total. The summed E-state index contributed by atoms with van der Waals surface area (Å²) in [5.74, 6) is 0.798. The number of carbonyl (C=O) groups is 2. The predicted molar refractivity (Wildman–Crippen MR) is 64.1 cm³/mol. The lowest BCUT2D eigenvalue weighted by Crippen LogP contribution is -2.48. The molecule has 1 fully saturated rings. The fourth-order valence-corrected chi connectivity index (χ4v) is 1.85. The molecule has 2 amide bonds. The number of aromatic nitrogens is 1. The lowest BCUT2D eigenvalue weighted by Gasteiger charge is -2.31. The summed E-state index contributed by atoms with van der Waals surface area (Å²) in [6.45, 7) is 6.20. The molecular weight excluding hydrogens is 234 g/mol. The van der Waals surface area contributed by atoms with Crippen LogP contribution in [0.25, 0.3) is 0 Å². The van der Waals surface area contributed by atoms with Crippen molar-refractivity contribution in [1.82, 2.24) is 15.0 Å². The smallest absolute Gasteiger partial charge is 0.276 e. The van der Waals surface area contributed by atoms with E-state index >= 15 is 0 Å². The van der Waals surface area contributed by atoms with E-state index in [1.165, 1.54) is 0 Å². The zero-order valence-corrected chi connectivity index (χ0v) is 10.6. The van der Waals surface area contributed by atoms with Gasteiger partial charge in [-0.3, -0.25) is 9.59 Å². The van der Waals surface area contributed by atoms with Crippen molar-refractivity contribution in [2.24, 2.45) is 0 Å². The molecule has 1 aromatic rings. The Kier molecular flexibility index (Phi) is 3.64. The minimum Gasteiger partial charge on any atom is -0.360 e. The standard InChI is InChI=1S/C12H17N3O3/c1-9(2)11-7-10(13-18-11)12(17)15-5-3-14(8-16)4-6-15/h7-9H,3-6H2,1-2H3. The van der Waals surface area contributed by atoms with Crippen molar-refractivity contribution in [3.63, 3.8) is 0 Å². The van der Waals surface area contributed by atoms with Gasteiger partial charge in [0.2, 0.25) is 6.41 Å². The molecule has 0 saturated carbocycles. The summed E-state index contributed by atoms with van der Waals surface area (Å²) in [7, 11) is 0. The maximum atomic E-state index is 12.1. The molecule has 6 heteroatoms. The van der Waals surface area contributed by atoms with Crippen molar-refractivity contribution in [2.75, 3.05) is 26.2 Å². The normalized spacial score (nSPS) is 16.2. The molecule has 2 heterocycles. The predicted octanol–water partition coefficient (Wildman–Crippen LogP) is 0.712. The van der Waals surface area contributed by atoms with Crippen molar-refractivity contribution in [3.05, 3.63) is 17.5 Å². The van der Waals surface area contributed by atoms with Crippen LogP contribution >= 0.6 is 0 Å². The monoisotopic (exact) mass is 251 g/mol. The Morgan fingerprint density at radius 1 is 1.39 bits per heavy atom. The number of hydrogen-bond acceptors (Lipinski definition) is 4. The highest BCUT2D eigenvalue weighted by Gasteiger charge is 2.24. The molecule has 0 bridgehead atoms. The average Bonchev–Trinajstić information content (AvgIpc) is 2.88. The Hall–Kier alpha value is -1.85. The molecular formula is C12H17N3O3. The van der Waals surface area contributed by atoms with Crippen LogP contribution in [0.15, 0.2) is 10.6 Å². The third kappa shape index (κ3) is 2.52. The first kappa shape index (κ1) is 12.6. The van der Waals surface area contributed by atoms with Crippen molar-refractivity contribution < 1.29 is 14.1 Å². The molecule has 1 saturated heterocycles. The van der Waals surface area contributed by atoms with Crippen LogP contribution in [0.5, 0.6) is 0 Å². The third-order valence-corrected chi connectivity index (χ3v) is 3.07. The van der Waals surface area contributed by atoms with E-state index in [0.717, 1.165) is 6.41 Å². The lowest BCUT2D eigenvalue weighted by molar-refractivity contribution is -0.119. The van der Waals surface area contributed by atoms with Gasteiger partial charge >= 0.3 is 0 Å². The molecule has 1 aromatic heterocycles. The molecule has 0 N–H and O–H groups in total. The summed E-state index contributed by atoms with van der Waals surface area (Å²) in [5, 5.41) is 3.80. The van der Waals surface area contributed by atoms with E-state index in [-0.39, 0.29) is 11.8 Å². The van der Waals surface area contributed by atoms with Gasteiger partial charge in [0.15, 0.2) is 5.69 Å². The van der Waals surface area contributed by atoms with Crippen LogP contribution in [-0.2, 0) is 4.79 Å². The summed E-state index contributed by atoms with van der Waals surface area (Å²) >= 11 is 0. The number of nitrogens with zero attached hydrogens (tertiary/aromatic N) is 3. The van der Waals surface area contributed by atoms with Crippen LogP contribution < -0.4 is 0 Å². The quantitative estimate of drug-likeness (QED) is 0.742. The molecule has 1 aliphatic heterocycles. The number of carbonyl (C=O) groups excluding carboxylic acids is 2. The molecule has 2 rings (SSSR count). The SMILES string of the molecule is CC(C)c1cc(C(=O)N2CCN(C=O)CC2)no1. The zero-order valence-electron chi connectivity index (χ0n) is 10.6. The van der Waals surface area contributed by atoms with Gasteiger partial charge in [-0.25, -0.2) is 0 Å². The topological polar surface area (TPSA) is 66.7 Å². The second kappa shape index (κ2) is 5.20. The molecule has 0 radical (unpaired) electrons. The Bertz CT molecular complexity index is 434. The second-order valence-electron chi connectivity index (χ2n) is 4.70. The van der Waals surface area contributed by atoms with Crippen molar-refractivity contribution in [2.45, 2.75) is 19.8 Å². The van der Waals surface area contributed by atoms with Gasteiger partial charge in [-0.2, -0.15) is 0 Å². The Morgan fingerprint density at radius 2 is 2.06 bits per heavy atom. The Labute approximate surface area is 106 Å². The van der Waals surface area contributed by atoms with E-state index in [0.29, 0.717) is 37.6 Å². The molecule has 0 aliphatic carbocycles. The number of hydrogen-bond donors (Lipinski definition) is 0. The summed E-state index contributed by atoms with van der Waals surface area (Å²) in [6.07, 6.45) is 0.814. The van der Waals surface area contributed by atoms with Gasteiger partial charge in [0.1, 0.15) is 5.76 Å². The molecule has 18 heavy (non-hydrogen) atoms. The van der Waals surface area contributed by atoms with Crippen LogP contribution in [0.2, 0.25) is 0 Å². The first-order valence-corrected chi connectivity index (χ1v) is 6.07. The zero-order chi connectivity index (χ0) is 13.1. The molecule has 0 atom stereocenters. The van der Waals surface area contributed by atoms with E-state index in [1.54, 1.807) is 15.9 Å². The lowest BCUT2D eigenvalue weighted by atomic mass is 10.1. The minimum atomic E-state index is -0.129.